The smallest absolute Gasteiger partial charge is 0.224 e. The molecule has 0 saturated carbocycles. The maximum absolute atomic E-state index is 11.8. The number of carbonyl (C=O) groups is 1. The lowest BCUT2D eigenvalue weighted by Crippen LogP contribution is -2.35. The van der Waals surface area contributed by atoms with Gasteiger partial charge in [0.25, 0.3) is 0 Å². The number of nitrogens with one attached hydrogen (secondary N) is 2. The largest absolute Gasteiger partial charge is 0.355 e. The van der Waals surface area contributed by atoms with Crippen LogP contribution in [-0.2, 0) is 11.2 Å². The molecule has 1 amide bonds. The highest BCUT2D eigenvalue weighted by Crippen LogP contribution is 2.15. The van der Waals surface area contributed by atoms with Crippen LogP contribution in [0.4, 0.5) is 0 Å². The Balaban J connectivity index is 1.88. The first-order valence-electron chi connectivity index (χ1n) is 7.10. The van der Waals surface area contributed by atoms with Gasteiger partial charge < -0.3 is 10.6 Å². The van der Waals surface area contributed by atoms with Crippen LogP contribution in [0, 0.1) is 5.92 Å². The van der Waals surface area contributed by atoms with Crippen molar-refractivity contribution >= 4 is 16.7 Å². The van der Waals surface area contributed by atoms with Crippen LogP contribution >= 0.6 is 0 Å². The second-order valence-corrected chi connectivity index (χ2v) is 5.18. The Hall–Kier alpha value is -1.87. The summed E-state index contributed by atoms with van der Waals surface area (Å²) in [6, 6.07) is 14.8. The third-order valence-electron chi connectivity index (χ3n) is 3.48. The van der Waals surface area contributed by atoms with E-state index in [1.165, 1.54) is 16.3 Å². The van der Waals surface area contributed by atoms with Crippen LogP contribution < -0.4 is 10.6 Å². The maximum Gasteiger partial charge on any atom is 0.224 e. The standard InChI is InChI=1S/C17H22N2O/c1-13(12-18-2)17(20)19-10-9-14-7-8-15-5-3-4-6-16(15)11-14/h3-8,11,13,18H,9-10,12H2,1-2H3,(H,19,20). The van der Waals surface area contributed by atoms with E-state index < -0.39 is 0 Å². The Kier molecular flexibility index (Phi) is 5.13. The quantitative estimate of drug-likeness (QED) is 0.846. The predicted octanol–water partition coefficient (Wildman–Crippen LogP) is 2.35. The van der Waals surface area contributed by atoms with Crippen molar-refractivity contribution in [3.8, 4) is 0 Å². The van der Waals surface area contributed by atoms with E-state index in [1.807, 2.05) is 26.1 Å². The molecule has 106 valence electrons. The second-order valence-electron chi connectivity index (χ2n) is 5.18. The maximum atomic E-state index is 11.8. The molecular formula is C17H22N2O. The highest BCUT2D eigenvalue weighted by Gasteiger charge is 2.10. The van der Waals surface area contributed by atoms with E-state index in [0.29, 0.717) is 13.1 Å². The van der Waals surface area contributed by atoms with Gasteiger partial charge in [-0.2, -0.15) is 0 Å². The number of hydrogen-bond acceptors (Lipinski definition) is 2. The summed E-state index contributed by atoms with van der Waals surface area (Å²) in [6.45, 7) is 3.33. The summed E-state index contributed by atoms with van der Waals surface area (Å²) in [6.07, 6.45) is 0.864. The van der Waals surface area contributed by atoms with E-state index in [9.17, 15) is 4.79 Å². The van der Waals surface area contributed by atoms with Crippen molar-refractivity contribution < 1.29 is 4.79 Å². The first-order valence-corrected chi connectivity index (χ1v) is 7.10. The molecule has 2 aromatic rings. The first-order chi connectivity index (χ1) is 9.70. The minimum Gasteiger partial charge on any atom is -0.355 e. The summed E-state index contributed by atoms with van der Waals surface area (Å²) >= 11 is 0. The van der Waals surface area contributed by atoms with Crippen molar-refractivity contribution in [1.82, 2.24) is 10.6 Å². The van der Waals surface area contributed by atoms with Gasteiger partial charge in [-0.1, -0.05) is 49.4 Å². The molecule has 2 aromatic carbocycles. The molecule has 0 aliphatic rings. The van der Waals surface area contributed by atoms with Gasteiger partial charge >= 0.3 is 0 Å². The van der Waals surface area contributed by atoms with Gasteiger partial charge in [0.15, 0.2) is 0 Å². The molecule has 0 fully saturated rings. The van der Waals surface area contributed by atoms with E-state index in [1.54, 1.807) is 0 Å². The lowest BCUT2D eigenvalue weighted by Gasteiger charge is -2.11. The van der Waals surface area contributed by atoms with Gasteiger partial charge in [-0.25, -0.2) is 0 Å². The van der Waals surface area contributed by atoms with Crippen molar-refractivity contribution in [2.75, 3.05) is 20.1 Å². The van der Waals surface area contributed by atoms with Crippen LogP contribution in [0.3, 0.4) is 0 Å². The van der Waals surface area contributed by atoms with Gasteiger partial charge in [0.1, 0.15) is 0 Å². The first kappa shape index (κ1) is 14.5. The lowest BCUT2D eigenvalue weighted by molar-refractivity contribution is -0.124. The van der Waals surface area contributed by atoms with Gasteiger partial charge in [-0.15, -0.1) is 0 Å². The molecular weight excluding hydrogens is 248 g/mol. The summed E-state index contributed by atoms with van der Waals surface area (Å²) in [4.78, 5) is 11.8. The van der Waals surface area contributed by atoms with E-state index in [4.69, 9.17) is 0 Å². The summed E-state index contributed by atoms with van der Waals surface area (Å²) in [5.41, 5.74) is 1.25. The number of hydrogen-bond donors (Lipinski definition) is 2. The van der Waals surface area contributed by atoms with Gasteiger partial charge in [-0.3, -0.25) is 4.79 Å². The fourth-order valence-electron chi connectivity index (χ4n) is 2.30. The summed E-state index contributed by atoms with van der Waals surface area (Å²) in [7, 11) is 1.86. The van der Waals surface area contributed by atoms with Crippen molar-refractivity contribution in [1.29, 1.82) is 0 Å². The van der Waals surface area contributed by atoms with Crippen LogP contribution in [0.5, 0.6) is 0 Å². The number of benzene rings is 2. The molecule has 0 radical (unpaired) electrons. The van der Waals surface area contributed by atoms with Gasteiger partial charge in [-0.05, 0) is 29.8 Å². The molecule has 3 nitrogen and oxygen atoms in total. The Morgan fingerprint density at radius 2 is 1.90 bits per heavy atom. The minimum absolute atomic E-state index is 0.0107. The number of fused-ring (bicyclic) bond motifs is 1. The molecule has 0 saturated heterocycles. The Morgan fingerprint density at radius 3 is 2.65 bits per heavy atom. The van der Waals surface area contributed by atoms with Gasteiger partial charge in [0.2, 0.25) is 5.91 Å². The van der Waals surface area contributed by atoms with Crippen molar-refractivity contribution in [2.24, 2.45) is 5.92 Å². The van der Waals surface area contributed by atoms with Crippen LogP contribution in [0.15, 0.2) is 42.5 Å². The fourth-order valence-corrected chi connectivity index (χ4v) is 2.30. The van der Waals surface area contributed by atoms with E-state index in [0.717, 1.165) is 6.42 Å². The third-order valence-corrected chi connectivity index (χ3v) is 3.48. The van der Waals surface area contributed by atoms with Crippen molar-refractivity contribution in [3.63, 3.8) is 0 Å². The Bertz CT molecular complexity index is 580. The molecule has 0 aromatic heterocycles. The second kappa shape index (κ2) is 7.06. The number of carbonyl (C=O) groups excluding carboxylic acids is 1. The third kappa shape index (κ3) is 3.81. The van der Waals surface area contributed by atoms with Gasteiger partial charge in [0, 0.05) is 19.0 Å². The van der Waals surface area contributed by atoms with E-state index in [-0.39, 0.29) is 11.8 Å². The van der Waals surface area contributed by atoms with Crippen molar-refractivity contribution in [3.05, 3.63) is 48.0 Å². The van der Waals surface area contributed by atoms with Crippen molar-refractivity contribution in [2.45, 2.75) is 13.3 Å². The minimum atomic E-state index is 0.0107. The molecule has 0 bridgehead atoms. The molecule has 0 aliphatic carbocycles. The molecule has 0 aliphatic heterocycles. The fraction of sp³-hybridized carbons (Fsp3) is 0.353. The molecule has 3 heteroatoms. The monoisotopic (exact) mass is 270 g/mol. The topological polar surface area (TPSA) is 41.1 Å². The van der Waals surface area contributed by atoms with Crippen LogP contribution in [0.2, 0.25) is 0 Å². The Labute approximate surface area is 120 Å². The predicted molar refractivity (Wildman–Crippen MR) is 83.8 cm³/mol. The summed E-state index contributed by atoms with van der Waals surface area (Å²) in [5, 5.41) is 8.50. The zero-order valence-corrected chi connectivity index (χ0v) is 12.1. The number of amides is 1. The van der Waals surface area contributed by atoms with Crippen LogP contribution in [-0.4, -0.2) is 26.0 Å². The normalized spacial score (nSPS) is 12.3. The van der Waals surface area contributed by atoms with E-state index >= 15 is 0 Å². The highest BCUT2D eigenvalue weighted by molar-refractivity contribution is 5.83. The molecule has 0 heterocycles. The SMILES string of the molecule is CNCC(C)C(=O)NCCc1ccc2ccccc2c1. The molecule has 2 N–H and O–H groups in total. The average molecular weight is 270 g/mol. The Morgan fingerprint density at radius 1 is 1.15 bits per heavy atom. The molecule has 0 spiro atoms. The molecule has 2 rings (SSSR count). The van der Waals surface area contributed by atoms with Crippen LogP contribution in [0.25, 0.3) is 10.8 Å². The molecule has 20 heavy (non-hydrogen) atoms. The summed E-state index contributed by atoms with van der Waals surface area (Å²) in [5.74, 6) is 0.122. The lowest BCUT2D eigenvalue weighted by atomic mass is 10.1. The molecule has 1 atom stereocenters. The number of rotatable bonds is 6. The van der Waals surface area contributed by atoms with E-state index in [2.05, 4.69) is 41.0 Å². The zero-order valence-electron chi connectivity index (χ0n) is 12.1. The average Bonchev–Trinajstić information content (AvgIpc) is 2.47. The highest BCUT2D eigenvalue weighted by atomic mass is 16.1. The van der Waals surface area contributed by atoms with Crippen LogP contribution in [0.1, 0.15) is 12.5 Å². The zero-order chi connectivity index (χ0) is 14.4. The van der Waals surface area contributed by atoms with Gasteiger partial charge in [0.05, 0.1) is 0 Å². The molecule has 1 unspecified atom stereocenters. The summed E-state index contributed by atoms with van der Waals surface area (Å²) < 4.78 is 0.